The molecule has 0 saturated carbocycles. The molecule has 3 aliphatic rings. The molecule has 0 radical (unpaired) electrons. The minimum absolute atomic E-state index is 0.0197. The number of phenolic OH excluding ortho intramolecular Hbond substituents is 5. The summed E-state index contributed by atoms with van der Waals surface area (Å²) in [5, 5.41) is 148. The fraction of sp³-hybridized carbons (Fsp3) is 0.353. The maximum Gasteiger partial charge on any atom is 0.402 e. The Morgan fingerprint density at radius 2 is 1.04 bits per heavy atom. The first-order chi connectivity index (χ1) is 36.3. The van der Waals surface area contributed by atoms with Crippen LogP contribution in [-0.2, 0) is 38.0 Å². The first kappa shape index (κ1) is 55.0. The third kappa shape index (κ3) is 12.5. The van der Waals surface area contributed by atoms with Gasteiger partial charge in [-0.05, 0) is 71.8 Å². The Morgan fingerprint density at radius 1 is 0.513 bits per heavy atom. The molecule has 3 fully saturated rings. The van der Waals surface area contributed by atoms with Gasteiger partial charge in [0.15, 0.2) is 23.9 Å². The molecule has 1 aromatic heterocycles. The van der Waals surface area contributed by atoms with Gasteiger partial charge < -0.3 is 109 Å². The summed E-state index contributed by atoms with van der Waals surface area (Å²) < 4.78 is 52.7. The Kier molecular flexibility index (Phi) is 17.2. The molecule has 4 aromatic carbocycles. The van der Waals surface area contributed by atoms with Gasteiger partial charge in [0.05, 0.1) is 18.2 Å². The van der Waals surface area contributed by atoms with Gasteiger partial charge in [-0.3, -0.25) is 0 Å². The van der Waals surface area contributed by atoms with Crippen LogP contribution in [0, 0.1) is 0 Å². The van der Waals surface area contributed by atoms with E-state index in [-0.39, 0.29) is 50.9 Å². The fourth-order valence-electron chi connectivity index (χ4n) is 8.17. The van der Waals surface area contributed by atoms with Crippen LogP contribution in [0.4, 0.5) is 0 Å². The van der Waals surface area contributed by atoms with E-state index in [9.17, 15) is 81.1 Å². The van der Waals surface area contributed by atoms with Crippen molar-refractivity contribution in [3.63, 3.8) is 0 Å². The molecule has 8 rings (SSSR count). The second-order valence-electron chi connectivity index (χ2n) is 17.7. The maximum atomic E-state index is 12.9. The van der Waals surface area contributed by atoms with Gasteiger partial charge in [0.2, 0.25) is 18.3 Å². The summed E-state index contributed by atoms with van der Waals surface area (Å²) in [6.45, 7) is -2.33. The average molecular weight is 1070 g/mol. The molecule has 5 aromatic rings. The number of benzene rings is 4. The fourth-order valence-corrected chi connectivity index (χ4v) is 8.17. The van der Waals surface area contributed by atoms with Crippen molar-refractivity contribution in [2.45, 2.75) is 92.1 Å². The predicted octanol–water partition coefficient (Wildman–Crippen LogP) is -0.381. The Labute approximate surface area is 429 Å². The van der Waals surface area contributed by atoms with Gasteiger partial charge in [-0.15, -0.1) is 0 Å². The molecule has 0 amide bonds. The summed E-state index contributed by atoms with van der Waals surface area (Å²) in [4.78, 5) is 25.6. The standard InChI is InChI=1S/C51H52O25/c52-19-34-39(60)42(63)45(66)49(73-34)71-32-17-27(55)16-31-28(32)18-33(47(70-31)24-6-10-26(54)11-7-24)72-51-48(44(65)41(62)36(75-51)21-69-37(58)13-4-22-1-8-25(53)9-2-22)76-50-46(67)43(64)40(61)35(74-50)20-68-38(59)14-5-23-3-12-29(56)30(57)15-23/h1-18,34-36,39-46,48-52,60-67H,19-21H2,(H4-,53,54,55,56,57,58,59)/p+1/t34-,35-,36-,39-,40-,41-,42+,43+,44+,45-,46-,48-,49-,50+,51-/m1/s1. The largest absolute Gasteiger partial charge is 0.508 e. The highest BCUT2D eigenvalue weighted by molar-refractivity contribution is 5.89. The second-order valence-corrected chi connectivity index (χ2v) is 17.7. The number of carbonyl (C=O) groups excluding carboxylic acids is 2. The Bertz CT molecular complexity index is 2880. The lowest BCUT2D eigenvalue weighted by Gasteiger charge is -2.45. The van der Waals surface area contributed by atoms with Crippen molar-refractivity contribution < 1.29 is 123 Å². The Hall–Kier alpha value is -7.21. The molecule has 76 heavy (non-hydrogen) atoms. The third-order valence-electron chi connectivity index (χ3n) is 12.4. The molecular formula is C51H53O25+. The summed E-state index contributed by atoms with van der Waals surface area (Å²) in [5.74, 6) is -4.30. The molecule has 406 valence electrons. The molecular weight excluding hydrogens is 1010 g/mol. The first-order valence-corrected chi connectivity index (χ1v) is 23.2. The van der Waals surface area contributed by atoms with Crippen LogP contribution in [0.2, 0.25) is 0 Å². The number of aliphatic hydroxyl groups excluding tert-OH is 9. The minimum Gasteiger partial charge on any atom is -0.508 e. The van der Waals surface area contributed by atoms with E-state index in [1.165, 1.54) is 78.9 Å². The zero-order valence-electron chi connectivity index (χ0n) is 39.4. The predicted molar refractivity (Wildman–Crippen MR) is 255 cm³/mol. The van der Waals surface area contributed by atoms with Crippen LogP contribution in [-0.4, -0.2) is 195 Å². The smallest absolute Gasteiger partial charge is 0.402 e. The molecule has 0 spiro atoms. The molecule has 25 heteroatoms. The van der Waals surface area contributed by atoms with E-state index in [2.05, 4.69) is 0 Å². The highest BCUT2D eigenvalue weighted by atomic mass is 16.8. The van der Waals surface area contributed by atoms with Gasteiger partial charge in [0, 0.05) is 24.3 Å². The highest BCUT2D eigenvalue weighted by Gasteiger charge is 2.53. The van der Waals surface area contributed by atoms with Crippen LogP contribution in [0.15, 0.2) is 101 Å². The summed E-state index contributed by atoms with van der Waals surface area (Å²) in [7, 11) is 0. The molecule has 25 nitrogen and oxygen atoms in total. The van der Waals surface area contributed by atoms with E-state index in [1.807, 2.05) is 0 Å². The molecule has 15 atom stereocenters. The second kappa shape index (κ2) is 23.8. The van der Waals surface area contributed by atoms with Gasteiger partial charge in [-0.25, -0.2) is 14.0 Å². The number of ether oxygens (including phenoxy) is 8. The summed E-state index contributed by atoms with van der Waals surface area (Å²) >= 11 is 0. The van der Waals surface area contributed by atoms with Crippen LogP contribution >= 0.6 is 0 Å². The van der Waals surface area contributed by atoms with E-state index in [0.29, 0.717) is 5.56 Å². The van der Waals surface area contributed by atoms with E-state index in [1.54, 1.807) is 0 Å². The van der Waals surface area contributed by atoms with E-state index >= 15 is 0 Å². The normalized spacial score (nSPS) is 29.8. The van der Waals surface area contributed by atoms with Crippen LogP contribution in [0.5, 0.6) is 40.2 Å². The van der Waals surface area contributed by atoms with Crippen LogP contribution in [0.1, 0.15) is 11.1 Å². The van der Waals surface area contributed by atoms with Crippen molar-refractivity contribution >= 4 is 35.1 Å². The molecule has 4 heterocycles. The lowest BCUT2D eigenvalue weighted by molar-refractivity contribution is -0.358. The topological polar surface area (TPSA) is 403 Å². The van der Waals surface area contributed by atoms with Crippen molar-refractivity contribution in [2.75, 3.05) is 19.8 Å². The van der Waals surface area contributed by atoms with Crippen molar-refractivity contribution in [2.24, 2.45) is 0 Å². The molecule has 0 bridgehead atoms. The van der Waals surface area contributed by atoms with E-state index < -0.39 is 141 Å². The van der Waals surface area contributed by atoms with Gasteiger partial charge in [0.1, 0.15) is 109 Å². The average Bonchev–Trinajstić information content (AvgIpc) is 3.41. The number of esters is 2. The monoisotopic (exact) mass is 1070 g/mol. The Morgan fingerprint density at radius 3 is 1.66 bits per heavy atom. The van der Waals surface area contributed by atoms with Gasteiger partial charge in [0.25, 0.3) is 0 Å². The molecule has 0 unspecified atom stereocenters. The number of aliphatic hydroxyl groups is 9. The summed E-state index contributed by atoms with van der Waals surface area (Å²) in [5.41, 5.74) is 0.841. The van der Waals surface area contributed by atoms with Gasteiger partial charge in [-0.1, -0.05) is 18.2 Å². The minimum atomic E-state index is -2.12. The molecule has 14 N–H and O–H groups in total. The number of fused-ring (bicyclic) bond motifs is 1. The molecule has 3 saturated heterocycles. The van der Waals surface area contributed by atoms with Crippen molar-refractivity contribution in [1.82, 2.24) is 0 Å². The first-order valence-electron chi connectivity index (χ1n) is 23.2. The lowest BCUT2D eigenvalue weighted by Crippen LogP contribution is -2.65. The number of hydrogen-bond acceptors (Lipinski definition) is 24. The quantitative estimate of drug-likeness (QED) is 0.0259. The number of phenols is 5. The lowest BCUT2D eigenvalue weighted by atomic mass is 9.97. The van der Waals surface area contributed by atoms with Gasteiger partial charge in [-0.2, -0.15) is 0 Å². The Balaban J connectivity index is 1.12. The van der Waals surface area contributed by atoms with E-state index in [4.69, 9.17) is 42.3 Å². The maximum absolute atomic E-state index is 12.9. The zero-order chi connectivity index (χ0) is 54.5. The van der Waals surface area contributed by atoms with Crippen LogP contribution in [0.3, 0.4) is 0 Å². The van der Waals surface area contributed by atoms with Gasteiger partial charge >= 0.3 is 23.3 Å². The highest BCUT2D eigenvalue weighted by Crippen LogP contribution is 2.43. The van der Waals surface area contributed by atoms with Crippen molar-refractivity contribution in [3.8, 4) is 51.6 Å². The number of rotatable bonds is 16. The SMILES string of the molecule is O=C(/C=C/c1ccc(O)c(O)c1)OC[C@H]1O[C@@H](O[C@H]2[C@H](Oc3cc4c(O[C@@H]5O[C@H](CO)[C@@H](O)[C@H](O)[C@H]5O)cc(O)cc4[o+]c3-c3ccc(O)cc3)O[C@H](COC(=O)/C=C/c3ccc(O)cc3)[C@@H](O)[C@@H]2O)[C@H](O)[C@@H](O)[C@@H]1O. The van der Waals surface area contributed by atoms with Crippen molar-refractivity contribution in [3.05, 3.63) is 108 Å². The molecule has 3 aliphatic heterocycles. The van der Waals surface area contributed by atoms with E-state index in [0.717, 1.165) is 30.4 Å². The summed E-state index contributed by atoms with van der Waals surface area (Å²) in [6, 6.07) is 18.3. The number of hydrogen-bond donors (Lipinski definition) is 14. The number of aromatic hydroxyl groups is 5. The third-order valence-corrected chi connectivity index (χ3v) is 12.4. The van der Waals surface area contributed by atoms with Crippen LogP contribution in [0.25, 0.3) is 34.4 Å². The summed E-state index contributed by atoms with van der Waals surface area (Å²) in [6.07, 6.45) is -23.7. The van der Waals surface area contributed by atoms with Crippen LogP contribution < -0.4 is 9.47 Å². The zero-order valence-corrected chi connectivity index (χ0v) is 39.4. The molecule has 0 aliphatic carbocycles. The number of carbonyl (C=O) groups is 2. The van der Waals surface area contributed by atoms with Crippen molar-refractivity contribution in [1.29, 1.82) is 0 Å².